The molecule has 2 rings (SSSR count). The molecule has 2 nitrogen and oxygen atoms in total. The highest BCUT2D eigenvalue weighted by Gasteiger charge is 2.11. The van der Waals surface area contributed by atoms with Gasteiger partial charge in [-0.3, -0.25) is 0 Å². The summed E-state index contributed by atoms with van der Waals surface area (Å²) in [6.45, 7) is 6.52. The van der Waals surface area contributed by atoms with Crippen molar-refractivity contribution < 1.29 is 4.74 Å². The molecular weight excluding hydrogens is 246 g/mol. The smallest absolute Gasteiger partial charge is 0.122 e. The van der Waals surface area contributed by atoms with Crippen molar-refractivity contribution in [2.45, 2.75) is 33.1 Å². The van der Waals surface area contributed by atoms with Crippen LogP contribution in [0.2, 0.25) is 0 Å². The van der Waals surface area contributed by atoms with Crippen molar-refractivity contribution in [3.8, 4) is 5.75 Å². The van der Waals surface area contributed by atoms with Gasteiger partial charge in [0.25, 0.3) is 0 Å². The highest BCUT2D eigenvalue weighted by Crippen LogP contribution is 2.30. The Kier molecular flexibility index (Phi) is 4.33. The van der Waals surface area contributed by atoms with Gasteiger partial charge in [-0.25, -0.2) is 0 Å². The van der Waals surface area contributed by atoms with Gasteiger partial charge in [-0.05, 0) is 59.7 Å². The summed E-state index contributed by atoms with van der Waals surface area (Å²) in [5, 5.41) is 0. The van der Waals surface area contributed by atoms with Crippen LogP contribution in [0.3, 0.4) is 0 Å². The molecule has 0 amide bonds. The molecule has 106 valence electrons. The van der Waals surface area contributed by atoms with Gasteiger partial charge in [0.1, 0.15) is 5.75 Å². The minimum atomic E-state index is 0.449. The molecule has 0 spiro atoms. The lowest BCUT2D eigenvalue weighted by Crippen LogP contribution is -2.00. The van der Waals surface area contributed by atoms with E-state index in [4.69, 9.17) is 10.5 Å². The van der Waals surface area contributed by atoms with Crippen LogP contribution in [0.15, 0.2) is 36.4 Å². The zero-order valence-corrected chi connectivity index (χ0v) is 12.7. The second-order valence-corrected chi connectivity index (χ2v) is 5.60. The first-order chi connectivity index (χ1) is 9.51. The predicted octanol–water partition coefficient (Wildman–Crippen LogP) is 4.30. The van der Waals surface area contributed by atoms with E-state index in [1.54, 1.807) is 7.11 Å². The molecule has 0 radical (unpaired) electrons. The van der Waals surface area contributed by atoms with Crippen LogP contribution in [0, 0.1) is 6.92 Å². The van der Waals surface area contributed by atoms with E-state index in [0.29, 0.717) is 5.92 Å². The fourth-order valence-electron chi connectivity index (χ4n) is 2.49. The number of hydrogen-bond donors (Lipinski definition) is 1. The maximum absolute atomic E-state index is 5.85. The highest BCUT2D eigenvalue weighted by molar-refractivity contribution is 5.47. The second kappa shape index (κ2) is 6.00. The quantitative estimate of drug-likeness (QED) is 0.840. The van der Waals surface area contributed by atoms with Crippen LogP contribution >= 0.6 is 0 Å². The molecule has 0 saturated heterocycles. The van der Waals surface area contributed by atoms with E-state index in [1.165, 1.54) is 22.3 Å². The molecule has 0 heterocycles. The van der Waals surface area contributed by atoms with Crippen molar-refractivity contribution in [1.82, 2.24) is 0 Å². The topological polar surface area (TPSA) is 35.2 Å². The molecule has 0 aliphatic heterocycles. The Morgan fingerprint density at radius 3 is 2.50 bits per heavy atom. The maximum atomic E-state index is 5.85. The van der Waals surface area contributed by atoms with E-state index in [9.17, 15) is 0 Å². The molecule has 0 unspecified atom stereocenters. The SMILES string of the molecule is COc1cc(C)c(Cc2cccc(N)c2)cc1C(C)C. The predicted molar refractivity (Wildman–Crippen MR) is 85.5 cm³/mol. The first-order valence-electron chi connectivity index (χ1n) is 7.03. The molecule has 20 heavy (non-hydrogen) atoms. The first-order valence-corrected chi connectivity index (χ1v) is 7.03. The van der Waals surface area contributed by atoms with Gasteiger partial charge in [0.05, 0.1) is 7.11 Å². The molecule has 0 fully saturated rings. The molecule has 0 aliphatic rings. The number of nitrogens with two attached hydrogens (primary N) is 1. The van der Waals surface area contributed by atoms with Gasteiger partial charge in [-0.2, -0.15) is 0 Å². The van der Waals surface area contributed by atoms with E-state index in [-0.39, 0.29) is 0 Å². The third-order valence-electron chi connectivity index (χ3n) is 3.66. The lowest BCUT2D eigenvalue weighted by atomic mass is 9.93. The summed E-state index contributed by atoms with van der Waals surface area (Å²) in [6, 6.07) is 12.5. The fourth-order valence-corrected chi connectivity index (χ4v) is 2.49. The molecule has 0 bridgehead atoms. The maximum Gasteiger partial charge on any atom is 0.122 e. The fraction of sp³-hybridized carbons (Fsp3) is 0.333. The molecule has 0 aromatic heterocycles. The molecular formula is C18H23NO. The average Bonchev–Trinajstić information content (AvgIpc) is 2.40. The van der Waals surface area contributed by atoms with Gasteiger partial charge >= 0.3 is 0 Å². The van der Waals surface area contributed by atoms with Crippen molar-refractivity contribution in [1.29, 1.82) is 0 Å². The number of benzene rings is 2. The van der Waals surface area contributed by atoms with Crippen molar-refractivity contribution in [2.75, 3.05) is 12.8 Å². The molecule has 2 aromatic rings. The summed E-state index contributed by atoms with van der Waals surface area (Å²) in [4.78, 5) is 0. The summed E-state index contributed by atoms with van der Waals surface area (Å²) in [7, 11) is 1.73. The zero-order valence-electron chi connectivity index (χ0n) is 12.7. The molecule has 0 saturated carbocycles. The third kappa shape index (κ3) is 3.13. The molecule has 2 aromatic carbocycles. The normalized spacial score (nSPS) is 10.8. The van der Waals surface area contributed by atoms with Crippen LogP contribution in [0.1, 0.15) is 42.0 Å². The minimum absolute atomic E-state index is 0.449. The van der Waals surface area contributed by atoms with Crippen LogP contribution in [0.5, 0.6) is 5.75 Å². The van der Waals surface area contributed by atoms with Crippen molar-refractivity contribution in [3.63, 3.8) is 0 Å². The largest absolute Gasteiger partial charge is 0.496 e. The van der Waals surface area contributed by atoms with Crippen LogP contribution < -0.4 is 10.5 Å². The van der Waals surface area contributed by atoms with Crippen molar-refractivity contribution in [2.24, 2.45) is 0 Å². The van der Waals surface area contributed by atoms with Crippen LogP contribution in [-0.4, -0.2) is 7.11 Å². The van der Waals surface area contributed by atoms with Gasteiger partial charge in [0.15, 0.2) is 0 Å². The third-order valence-corrected chi connectivity index (χ3v) is 3.66. The van der Waals surface area contributed by atoms with Gasteiger partial charge in [-0.15, -0.1) is 0 Å². The standard InChI is InChI=1S/C18H23NO/c1-12(2)17-11-15(13(3)8-18(17)20-4)9-14-6-5-7-16(19)10-14/h5-8,10-12H,9,19H2,1-4H3. The van der Waals surface area contributed by atoms with Crippen LogP contribution in [-0.2, 0) is 6.42 Å². The van der Waals surface area contributed by atoms with E-state index >= 15 is 0 Å². The number of rotatable bonds is 4. The summed E-state index contributed by atoms with van der Waals surface area (Å²) in [5.41, 5.74) is 11.8. The number of aryl methyl sites for hydroxylation is 1. The summed E-state index contributed by atoms with van der Waals surface area (Å²) >= 11 is 0. The van der Waals surface area contributed by atoms with Crippen molar-refractivity contribution >= 4 is 5.69 Å². The van der Waals surface area contributed by atoms with E-state index in [0.717, 1.165) is 17.9 Å². The Morgan fingerprint density at radius 2 is 1.90 bits per heavy atom. The van der Waals surface area contributed by atoms with Gasteiger partial charge in [0.2, 0.25) is 0 Å². The summed E-state index contributed by atoms with van der Waals surface area (Å²) in [5.74, 6) is 1.43. The number of ether oxygens (including phenoxy) is 1. The monoisotopic (exact) mass is 269 g/mol. The molecule has 2 heteroatoms. The van der Waals surface area contributed by atoms with Gasteiger partial charge in [-0.1, -0.05) is 32.0 Å². The Hall–Kier alpha value is -1.96. The first kappa shape index (κ1) is 14.4. The van der Waals surface area contributed by atoms with Gasteiger partial charge in [0, 0.05) is 5.69 Å². The second-order valence-electron chi connectivity index (χ2n) is 5.60. The zero-order chi connectivity index (χ0) is 14.7. The number of methoxy groups -OCH3 is 1. The molecule has 0 aliphatic carbocycles. The Labute approximate surface area is 121 Å². The Morgan fingerprint density at radius 1 is 1.15 bits per heavy atom. The van der Waals surface area contributed by atoms with Gasteiger partial charge < -0.3 is 10.5 Å². The lowest BCUT2D eigenvalue weighted by molar-refractivity contribution is 0.407. The summed E-state index contributed by atoms with van der Waals surface area (Å²) < 4.78 is 5.49. The molecule has 0 atom stereocenters. The molecule has 2 N–H and O–H groups in total. The van der Waals surface area contributed by atoms with Crippen LogP contribution in [0.25, 0.3) is 0 Å². The number of anilines is 1. The minimum Gasteiger partial charge on any atom is -0.496 e. The van der Waals surface area contributed by atoms with Crippen LogP contribution in [0.4, 0.5) is 5.69 Å². The lowest BCUT2D eigenvalue weighted by Gasteiger charge is -2.16. The van der Waals surface area contributed by atoms with Crippen molar-refractivity contribution in [3.05, 3.63) is 58.7 Å². The van der Waals surface area contributed by atoms with E-state index < -0.39 is 0 Å². The number of nitrogen functional groups attached to an aromatic ring is 1. The highest BCUT2D eigenvalue weighted by atomic mass is 16.5. The summed E-state index contributed by atoms with van der Waals surface area (Å²) in [6.07, 6.45) is 0.903. The van der Waals surface area contributed by atoms with E-state index in [1.807, 2.05) is 18.2 Å². The number of hydrogen-bond acceptors (Lipinski definition) is 2. The van der Waals surface area contributed by atoms with E-state index in [2.05, 4.69) is 39.0 Å². The Bertz CT molecular complexity index is 602. The average molecular weight is 269 g/mol. The Balaban J connectivity index is 2.39.